The third-order valence-electron chi connectivity index (χ3n) is 1.67. The summed E-state index contributed by atoms with van der Waals surface area (Å²) in [6, 6.07) is 2.85. The van der Waals surface area contributed by atoms with E-state index in [0.29, 0.717) is 0 Å². The molecule has 1 amide bonds. The van der Waals surface area contributed by atoms with Crippen molar-refractivity contribution < 1.29 is 13.6 Å². The van der Waals surface area contributed by atoms with Crippen LogP contribution in [0.4, 0.5) is 8.78 Å². The number of hydrogen-bond donors (Lipinski definition) is 1. The SMILES string of the molecule is C[C](C(N)=O)c1cc(F)cc(F)c1. The van der Waals surface area contributed by atoms with Crippen LogP contribution in [-0.4, -0.2) is 5.91 Å². The van der Waals surface area contributed by atoms with Crippen molar-refractivity contribution in [1.29, 1.82) is 0 Å². The Bertz CT molecular complexity index is 318. The zero-order chi connectivity index (χ0) is 10.0. The Hall–Kier alpha value is -1.45. The molecule has 2 nitrogen and oxygen atoms in total. The molecule has 0 heterocycles. The maximum Gasteiger partial charge on any atom is 0.229 e. The number of carbonyl (C=O) groups excluding carboxylic acids is 1. The van der Waals surface area contributed by atoms with Gasteiger partial charge in [0.05, 0.1) is 5.92 Å². The van der Waals surface area contributed by atoms with Crippen molar-refractivity contribution in [2.75, 3.05) is 0 Å². The van der Waals surface area contributed by atoms with Crippen molar-refractivity contribution in [3.05, 3.63) is 41.3 Å². The summed E-state index contributed by atoms with van der Waals surface area (Å²) in [6.07, 6.45) is 0. The Morgan fingerprint density at radius 3 is 2.08 bits per heavy atom. The van der Waals surface area contributed by atoms with Crippen molar-refractivity contribution in [1.82, 2.24) is 0 Å². The minimum Gasteiger partial charge on any atom is -0.369 e. The van der Waals surface area contributed by atoms with Crippen LogP contribution in [0.5, 0.6) is 0 Å². The fourth-order valence-electron chi connectivity index (χ4n) is 0.913. The lowest BCUT2D eigenvalue weighted by Gasteiger charge is -2.06. The monoisotopic (exact) mass is 184 g/mol. The second kappa shape index (κ2) is 3.51. The first-order chi connectivity index (χ1) is 6.00. The molecule has 0 bridgehead atoms. The van der Waals surface area contributed by atoms with E-state index in [1.807, 2.05) is 0 Å². The summed E-state index contributed by atoms with van der Waals surface area (Å²) < 4.78 is 25.3. The van der Waals surface area contributed by atoms with Crippen molar-refractivity contribution in [3.8, 4) is 0 Å². The molecule has 1 radical (unpaired) electrons. The van der Waals surface area contributed by atoms with E-state index in [2.05, 4.69) is 0 Å². The van der Waals surface area contributed by atoms with Gasteiger partial charge < -0.3 is 5.73 Å². The average molecular weight is 184 g/mol. The molecule has 13 heavy (non-hydrogen) atoms. The lowest BCUT2D eigenvalue weighted by molar-refractivity contribution is -0.115. The van der Waals surface area contributed by atoms with E-state index in [0.717, 1.165) is 18.2 Å². The van der Waals surface area contributed by atoms with E-state index in [9.17, 15) is 13.6 Å². The summed E-state index contributed by atoms with van der Waals surface area (Å²) in [6.45, 7) is 1.41. The van der Waals surface area contributed by atoms with Crippen LogP contribution in [0, 0.1) is 17.6 Å². The van der Waals surface area contributed by atoms with E-state index >= 15 is 0 Å². The third kappa shape index (κ3) is 2.24. The second-order valence-corrected chi connectivity index (χ2v) is 2.65. The molecular formula is C9H8F2NO. The molecule has 1 rings (SSSR count). The van der Waals surface area contributed by atoms with Gasteiger partial charge in [-0.2, -0.15) is 0 Å². The maximum absolute atomic E-state index is 12.6. The standard InChI is InChI=1S/C9H8F2NO/c1-5(9(12)13)6-2-7(10)4-8(11)3-6/h2-4H,1H3,(H2,12,13). The number of amides is 1. The minimum absolute atomic E-state index is 0.137. The first kappa shape index (κ1) is 9.64. The molecule has 0 aliphatic rings. The molecule has 0 fully saturated rings. The molecule has 2 N–H and O–H groups in total. The Morgan fingerprint density at radius 1 is 1.23 bits per heavy atom. The molecular weight excluding hydrogens is 176 g/mol. The first-order valence-corrected chi connectivity index (χ1v) is 3.60. The van der Waals surface area contributed by atoms with Crippen LogP contribution >= 0.6 is 0 Å². The molecule has 0 aromatic heterocycles. The highest BCUT2D eigenvalue weighted by atomic mass is 19.1. The highest BCUT2D eigenvalue weighted by molar-refractivity contribution is 5.92. The van der Waals surface area contributed by atoms with E-state index in [4.69, 9.17) is 5.73 Å². The molecule has 0 unspecified atom stereocenters. The van der Waals surface area contributed by atoms with Crippen LogP contribution in [-0.2, 0) is 4.79 Å². The Kier molecular flexibility index (Phi) is 2.60. The molecule has 0 aliphatic carbocycles. The zero-order valence-electron chi connectivity index (χ0n) is 6.97. The Balaban J connectivity index is 3.07. The number of primary amides is 1. The third-order valence-corrected chi connectivity index (χ3v) is 1.67. The summed E-state index contributed by atoms with van der Waals surface area (Å²) in [5.41, 5.74) is 5.12. The molecule has 0 saturated heterocycles. The molecule has 1 aromatic carbocycles. The highest BCUT2D eigenvalue weighted by Crippen LogP contribution is 2.16. The van der Waals surface area contributed by atoms with E-state index in [1.165, 1.54) is 6.92 Å². The Labute approximate surface area is 74.4 Å². The van der Waals surface area contributed by atoms with Gasteiger partial charge in [-0.05, 0) is 24.6 Å². The minimum atomic E-state index is -0.726. The molecule has 0 saturated carbocycles. The van der Waals surface area contributed by atoms with E-state index in [1.54, 1.807) is 0 Å². The fourth-order valence-corrected chi connectivity index (χ4v) is 0.913. The predicted molar refractivity (Wildman–Crippen MR) is 43.6 cm³/mol. The largest absolute Gasteiger partial charge is 0.369 e. The first-order valence-electron chi connectivity index (χ1n) is 3.60. The predicted octanol–water partition coefficient (Wildman–Crippen LogP) is 1.39. The van der Waals surface area contributed by atoms with Gasteiger partial charge >= 0.3 is 0 Å². The molecule has 0 spiro atoms. The van der Waals surface area contributed by atoms with Gasteiger partial charge in [0.2, 0.25) is 5.91 Å². The average Bonchev–Trinajstić information content (AvgIpc) is 2.01. The van der Waals surface area contributed by atoms with Crippen molar-refractivity contribution in [2.45, 2.75) is 6.92 Å². The zero-order valence-corrected chi connectivity index (χ0v) is 6.97. The maximum atomic E-state index is 12.6. The smallest absolute Gasteiger partial charge is 0.229 e. The summed E-state index contributed by atoms with van der Waals surface area (Å²) in [4.78, 5) is 10.7. The lowest BCUT2D eigenvalue weighted by Crippen LogP contribution is -2.19. The van der Waals surface area contributed by atoms with Crippen LogP contribution in [0.15, 0.2) is 18.2 Å². The number of hydrogen-bond acceptors (Lipinski definition) is 1. The number of carbonyl (C=O) groups is 1. The van der Waals surface area contributed by atoms with Gasteiger partial charge in [-0.25, -0.2) is 8.78 Å². The van der Waals surface area contributed by atoms with Crippen LogP contribution in [0.3, 0.4) is 0 Å². The van der Waals surface area contributed by atoms with Crippen LogP contribution in [0.2, 0.25) is 0 Å². The van der Waals surface area contributed by atoms with Crippen LogP contribution in [0.1, 0.15) is 12.5 Å². The van der Waals surface area contributed by atoms with Gasteiger partial charge in [0.1, 0.15) is 11.6 Å². The number of benzene rings is 1. The summed E-state index contributed by atoms with van der Waals surface area (Å²) in [5, 5.41) is 0. The topological polar surface area (TPSA) is 43.1 Å². The van der Waals surface area contributed by atoms with Crippen LogP contribution < -0.4 is 5.73 Å². The lowest BCUT2D eigenvalue weighted by atomic mass is 10.0. The van der Waals surface area contributed by atoms with Crippen molar-refractivity contribution in [3.63, 3.8) is 0 Å². The molecule has 1 aromatic rings. The number of rotatable bonds is 2. The Morgan fingerprint density at radius 2 is 1.69 bits per heavy atom. The van der Waals surface area contributed by atoms with Crippen LogP contribution in [0.25, 0.3) is 0 Å². The second-order valence-electron chi connectivity index (χ2n) is 2.65. The number of halogens is 2. The van der Waals surface area contributed by atoms with Gasteiger partial charge in [0.25, 0.3) is 0 Å². The number of nitrogens with two attached hydrogens (primary N) is 1. The fraction of sp³-hybridized carbons (Fsp3) is 0.111. The molecule has 0 aliphatic heterocycles. The van der Waals surface area contributed by atoms with Gasteiger partial charge in [-0.1, -0.05) is 0 Å². The highest BCUT2D eigenvalue weighted by Gasteiger charge is 2.14. The van der Waals surface area contributed by atoms with Crippen molar-refractivity contribution >= 4 is 5.91 Å². The summed E-state index contributed by atoms with van der Waals surface area (Å²) in [5.74, 6) is -2.00. The summed E-state index contributed by atoms with van der Waals surface area (Å²) >= 11 is 0. The molecule has 4 heteroatoms. The normalized spacial score (nSPS) is 10.5. The summed E-state index contributed by atoms with van der Waals surface area (Å²) in [7, 11) is 0. The van der Waals surface area contributed by atoms with E-state index < -0.39 is 17.5 Å². The van der Waals surface area contributed by atoms with Gasteiger partial charge in [0.15, 0.2) is 0 Å². The van der Waals surface area contributed by atoms with E-state index in [-0.39, 0.29) is 11.5 Å². The molecule has 0 atom stereocenters. The molecule has 69 valence electrons. The van der Waals surface area contributed by atoms with Gasteiger partial charge in [-0.15, -0.1) is 0 Å². The van der Waals surface area contributed by atoms with Crippen molar-refractivity contribution in [2.24, 2.45) is 5.73 Å². The van der Waals surface area contributed by atoms with Gasteiger partial charge in [-0.3, -0.25) is 4.79 Å². The van der Waals surface area contributed by atoms with Gasteiger partial charge in [0, 0.05) is 6.07 Å². The quantitative estimate of drug-likeness (QED) is 0.741.